The number of benzene rings is 1. The van der Waals surface area contributed by atoms with Crippen LogP contribution >= 0.6 is 23.2 Å². The highest BCUT2D eigenvalue weighted by Gasteiger charge is 2.35. The minimum atomic E-state index is -1.05. The van der Waals surface area contributed by atoms with Gasteiger partial charge in [-0.05, 0) is 31.0 Å². The number of anilines is 3. The van der Waals surface area contributed by atoms with E-state index in [0.29, 0.717) is 36.6 Å². The second-order valence-electron chi connectivity index (χ2n) is 7.73. The van der Waals surface area contributed by atoms with E-state index < -0.39 is 23.3 Å². The molecular formula is C20H20Cl2N6O4. The number of hydrogen-bond donors (Lipinski definition) is 4. The molecule has 0 aliphatic carbocycles. The molecule has 1 saturated heterocycles. The van der Waals surface area contributed by atoms with Crippen molar-refractivity contribution in [2.45, 2.75) is 25.2 Å². The van der Waals surface area contributed by atoms with Crippen LogP contribution in [0.25, 0.3) is 0 Å². The van der Waals surface area contributed by atoms with Crippen LogP contribution in [0.4, 0.5) is 17.5 Å². The van der Waals surface area contributed by atoms with Gasteiger partial charge in [0, 0.05) is 30.5 Å². The Bertz CT molecular complexity index is 1160. The topological polar surface area (TPSA) is 150 Å². The largest absolute Gasteiger partial charge is 0.369 e. The van der Waals surface area contributed by atoms with Crippen LogP contribution in [0.5, 0.6) is 0 Å². The van der Waals surface area contributed by atoms with Crippen LogP contribution in [0.3, 0.4) is 0 Å². The van der Waals surface area contributed by atoms with Crippen molar-refractivity contribution in [1.82, 2.24) is 9.97 Å². The molecule has 2 aromatic rings. The normalized spacial score (nSPS) is 18.6. The molecule has 0 unspecified atom stereocenters. The number of amides is 3. The summed E-state index contributed by atoms with van der Waals surface area (Å²) in [7, 11) is 0. The first-order valence-corrected chi connectivity index (χ1v) is 10.7. The van der Waals surface area contributed by atoms with E-state index in [0.717, 1.165) is 0 Å². The molecule has 4 rings (SSSR count). The fourth-order valence-electron chi connectivity index (χ4n) is 3.92. The molecule has 168 valence electrons. The molecule has 3 heterocycles. The van der Waals surface area contributed by atoms with Gasteiger partial charge in [0.05, 0.1) is 22.2 Å². The number of aromatic amines is 1. The van der Waals surface area contributed by atoms with Gasteiger partial charge < -0.3 is 21.3 Å². The molecule has 1 fully saturated rings. The van der Waals surface area contributed by atoms with Gasteiger partial charge >= 0.3 is 0 Å². The first kappa shape index (κ1) is 22.1. The van der Waals surface area contributed by atoms with Crippen molar-refractivity contribution in [2.75, 3.05) is 28.6 Å². The summed E-state index contributed by atoms with van der Waals surface area (Å²) in [5, 5.41) is 5.86. The third-order valence-corrected chi connectivity index (χ3v) is 6.19. The number of rotatable bonds is 4. The molecule has 0 spiro atoms. The molecule has 1 aromatic carbocycles. The third kappa shape index (κ3) is 4.42. The molecule has 0 saturated carbocycles. The van der Waals surface area contributed by atoms with Gasteiger partial charge in [-0.1, -0.05) is 23.2 Å². The first-order chi connectivity index (χ1) is 15.2. The van der Waals surface area contributed by atoms with Crippen LogP contribution in [0.2, 0.25) is 10.0 Å². The number of nitrogens with zero attached hydrogens (tertiary/aromatic N) is 2. The number of aromatic nitrogens is 2. The number of piperidine rings is 1. The van der Waals surface area contributed by atoms with E-state index in [-0.39, 0.29) is 40.6 Å². The lowest BCUT2D eigenvalue weighted by atomic mass is 9.92. The van der Waals surface area contributed by atoms with Gasteiger partial charge in [0.25, 0.3) is 5.56 Å². The molecule has 0 radical (unpaired) electrons. The minimum absolute atomic E-state index is 0.0411. The maximum atomic E-state index is 12.9. The number of fused-ring (bicyclic) bond motifs is 1. The Labute approximate surface area is 192 Å². The molecule has 2 aliphatic rings. The molecule has 3 amide bonds. The van der Waals surface area contributed by atoms with Crippen LogP contribution < -0.4 is 26.8 Å². The number of H-pyrrole nitrogens is 1. The number of hydrogen-bond acceptors (Lipinski definition) is 6. The average molecular weight is 479 g/mol. The number of halogens is 2. The van der Waals surface area contributed by atoms with Gasteiger partial charge in [0.2, 0.25) is 23.7 Å². The molecule has 5 N–H and O–H groups in total. The molecule has 12 heteroatoms. The summed E-state index contributed by atoms with van der Waals surface area (Å²) in [5.74, 6) is -2.31. The van der Waals surface area contributed by atoms with Crippen LogP contribution in [-0.2, 0) is 14.4 Å². The van der Waals surface area contributed by atoms with Crippen LogP contribution in [0, 0.1) is 5.92 Å². The average Bonchev–Trinajstić information content (AvgIpc) is 2.74. The number of carbonyl (C=O) groups excluding carboxylic acids is 3. The van der Waals surface area contributed by atoms with Crippen LogP contribution in [0.15, 0.2) is 23.0 Å². The predicted octanol–water partition coefficient (Wildman–Crippen LogP) is 1.84. The molecule has 10 nitrogen and oxygen atoms in total. The number of nitrogens with one attached hydrogen (secondary N) is 3. The zero-order valence-corrected chi connectivity index (χ0v) is 18.3. The highest BCUT2D eigenvalue weighted by molar-refractivity contribution is 6.36. The summed E-state index contributed by atoms with van der Waals surface area (Å²) in [6.07, 6.45) is 0.864. The summed E-state index contributed by atoms with van der Waals surface area (Å²) in [5.41, 5.74) is 5.23. The smallest absolute Gasteiger partial charge is 0.258 e. The van der Waals surface area contributed by atoms with Crippen LogP contribution in [0.1, 0.15) is 30.7 Å². The number of primary amides is 1. The van der Waals surface area contributed by atoms with E-state index in [4.69, 9.17) is 28.9 Å². The predicted molar refractivity (Wildman–Crippen MR) is 120 cm³/mol. The molecule has 1 atom stereocenters. The second kappa shape index (κ2) is 8.79. The summed E-state index contributed by atoms with van der Waals surface area (Å²) >= 11 is 12.0. The Morgan fingerprint density at radius 2 is 1.91 bits per heavy atom. The highest BCUT2D eigenvalue weighted by Crippen LogP contribution is 2.32. The molecular weight excluding hydrogens is 459 g/mol. The second-order valence-corrected chi connectivity index (χ2v) is 8.58. The summed E-state index contributed by atoms with van der Waals surface area (Å²) in [6.45, 7) is 0.949. The Kier molecular flexibility index (Phi) is 6.07. The van der Waals surface area contributed by atoms with Crippen molar-refractivity contribution in [1.29, 1.82) is 0 Å². The molecule has 2 aliphatic heterocycles. The van der Waals surface area contributed by atoms with E-state index >= 15 is 0 Å². The molecule has 0 bridgehead atoms. The van der Waals surface area contributed by atoms with Crippen molar-refractivity contribution < 1.29 is 14.4 Å². The minimum Gasteiger partial charge on any atom is -0.369 e. The van der Waals surface area contributed by atoms with E-state index in [9.17, 15) is 19.2 Å². The Morgan fingerprint density at radius 1 is 1.19 bits per heavy atom. The number of carbonyl (C=O) groups is 3. The van der Waals surface area contributed by atoms with E-state index in [1.165, 1.54) is 12.1 Å². The van der Waals surface area contributed by atoms with Crippen molar-refractivity contribution in [3.05, 3.63) is 44.2 Å². The zero-order chi connectivity index (χ0) is 23.0. The fraction of sp³-hybridized carbons (Fsp3) is 0.350. The Balaban J connectivity index is 1.60. The first-order valence-electron chi connectivity index (χ1n) is 9.97. The number of nitrogens with two attached hydrogens (primary N) is 1. The maximum absolute atomic E-state index is 12.9. The SMILES string of the molecule is NC(=O)C1CCN(c2nc3c(c(=O)[nH]2)[C@@H](C(=O)Nc2ccc(Cl)cc2Cl)CC(=O)N3)CC1. The third-order valence-electron chi connectivity index (χ3n) is 5.64. The maximum Gasteiger partial charge on any atom is 0.258 e. The Morgan fingerprint density at radius 3 is 2.56 bits per heavy atom. The summed E-state index contributed by atoms with van der Waals surface area (Å²) < 4.78 is 0. The van der Waals surface area contributed by atoms with Crippen molar-refractivity contribution in [3.8, 4) is 0 Å². The lowest BCUT2D eigenvalue weighted by Crippen LogP contribution is -2.41. The monoisotopic (exact) mass is 478 g/mol. The molecule has 32 heavy (non-hydrogen) atoms. The lowest BCUT2D eigenvalue weighted by Gasteiger charge is -2.32. The summed E-state index contributed by atoms with van der Waals surface area (Å²) in [6, 6.07) is 4.57. The lowest BCUT2D eigenvalue weighted by molar-refractivity contribution is -0.123. The Hall–Kier alpha value is -3.11. The standard InChI is InChI=1S/C20H20Cl2N6O4/c21-10-1-2-13(12(22)7-10)24-18(31)11-8-14(29)25-17-15(11)19(32)27-20(26-17)28-5-3-9(4-6-28)16(23)30/h1-2,7,9,11H,3-6,8H2,(H2,23,30)(H,24,31)(H2,25,26,27,29,32)/t11-/m0/s1. The van der Waals surface area contributed by atoms with Crippen molar-refractivity contribution in [2.24, 2.45) is 11.7 Å². The van der Waals surface area contributed by atoms with Crippen LogP contribution in [-0.4, -0.2) is 40.8 Å². The van der Waals surface area contributed by atoms with Gasteiger partial charge in [-0.15, -0.1) is 0 Å². The van der Waals surface area contributed by atoms with Gasteiger partial charge in [-0.2, -0.15) is 4.98 Å². The van der Waals surface area contributed by atoms with Gasteiger partial charge in [0.15, 0.2) is 0 Å². The fourth-order valence-corrected chi connectivity index (χ4v) is 4.38. The summed E-state index contributed by atoms with van der Waals surface area (Å²) in [4.78, 5) is 58.4. The van der Waals surface area contributed by atoms with E-state index in [2.05, 4.69) is 20.6 Å². The van der Waals surface area contributed by atoms with Gasteiger partial charge in [-0.3, -0.25) is 24.2 Å². The highest BCUT2D eigenvalue weighted by atomic mass is 35.5. The van der Waals surface area contributed by atoms with E-state index in [1.807, 2.05) is 4.90 Å². The van der Waals surface area contributed by atoms with Crippen molar-refractivity contribution in [3.63, 3.8) is 0 Å². The quantitative estimate of drug-likeness (QED) is 0.526. The van der Waals surface area contributed by atoms with Gasteiger partial charge in [-0.25, -0.2) is 0 Å². The zero-order valence-electron chi connectivity index (χ0n) is 16.8. The molecule has 1 aromatic heterocycles. The van der Waals surface area contributed by atoms with Crippen molar-refractivity contribution >= 4 is 58.4 Å². The van der Waals surface area contributed by atoms with Gasteiger partial charge in [0.1, 0.15) is 5.82 Å². The van der Waals surface area contributed by atoms with E-state index in [1.54, 1.807) is 6.07 Å².